The average Bonchev–Trinajstić information content (AvgIpc) is 2.80. The molecule has 0 spiro atoms. The van der Waals surface area contributed by atoms with Gasteiger partial charge in [-0.25, -0.2) is 0 Å². The van der Waals surface area contributed by atoms with Crippen molar-refractivity contribution < 1.29 is 0 Å². The number of aromatic nitrogens is 2. The number of aryl methyl sites for hydroxylation is 2. The molecular weight excluding hydrogens is 260 g/mol. The van der Waals surface area contributed by atoms with Gasteiger partial charge in [0.05, 0.1) is 11.4 Å². The number of hydrogen-bond donors (Lipinski definition) is 1. The molecule has 4 heteroatoms. The molecule has 0 bridgehead atoms. The van der Waals surface area contributed by atoms with Crippen molar-refractivity contribution in [3.63, 3.8) is 0 Å². The monoisotopic (exact) mass is 284 g/mol. The molecule has 4 nitrogen and oxygen atoms in total. The third-order valence-corrected chi connectivity index (χ3v) is 4.21. The van der Waals surface area contributed by atoms with Crippen LogP contribution in [0.1, 0.15) is 24.1 Å². The Labute approximate surface area is 126 Å². The highest BCUT2D eigenvalue weighted by Gasteiger charge is 2.20. The quantitative estimate of drug-likeness (QED) is 0.937. The number of nitrogens with zero attached hydrogens (tertiary/aromatic N) is 3. The first-order chi connectivity index (χ1) is 10.2. The van der Waals surface area contributed by atoms with Crippen LogP contribution in [-0.2, 0) is 13.6 Å². The van der Waals surface area contributed by atoms with Crippen LogP contribution in [0, 0.1) is 6.92 Å². The molecule has 1 aliphatic heterocycles. The van der Waals surface area contributed by atoms with Crippen molar-refractivity contribution in [3.8, 4) is 0 Å². The summed E-state index contributed by atoms with van der Waals surface area (Å²) < 4.78 is 1.88. The van der Waals surface area contributed by atoms with E-state index in [-0.39, 0.29) is 0 Å². The molecule has 1 aromatic heterocycles. The molecule has 0 amide bonds. The van der Waals surface area contributed by atoms with Gasteiger partial charge < -0.3 is 5.32 Å². The molecule has 2 heterocycles. The van der Waals surface area contributed by atoms with Crippen LogP contribution in [0.3, 0.4) is 0 Å². The fraction of sp³-hybridized carbons (Fsp3) is 0.471. The Bertz CT molecular complexity index is 568. The van der Waals surface area contributed by atoms with Crippen molar-refractivity contribution in [1.29, 1.82) is 0 Å². The molecule has 1 fully saturated rings. The topological polar surface area (TPSA) is 33.1 Å². The van der Waals surface area contributed by atoms with Gasteiger partial charge >= 0.3 is 0 Å². The molecule has 1 aliphatic rings. The van der Waals surface area contributed by atoms with Crippen LogP contribution < -0.4 is 5.32 Å². The van der Waals surface area contributed by atoms with E-state index in [1.165, 1.54) is 24.1 Å². The van der Waals surface area contributed by atoms with Crippen LogP contribution in [0.25, 0.3) is 0 Å². The summed E-state index contributed by atoms with van der Waals surface area (Å²) in [6.07, 6.45) is 4.47. The van der Waals surface area contributed by atoms with Crippen LogP contribution >= 0.6 is 0 Å². The van der Waals surface area contributed by atoms with Crippen molar-refractivity contribution >= 4 is 5.69 Å². The van der Waals surface area contributed by atoms with Gasteiger partial charge in [-0.1, -0.05) is 30.3 Å². The largest absolute Gasteiger partial charge is 0.379 e. The summed E-state index contributed by atoms with van der Waals surface area (Å²) in [6.45, 7) is 5.45. The van der Waals surface area contributed by atoms with Crippen molar-refractivity contribution in [2.45, 2.75) is 32.4 Å². The van der Waals surface area contributed by atoms with Gasteiger partial charge in [0.1, 0.15) is 0 Å². The molecule has 0 atom stereocenters. The van der Waals surface area contributed by atoms with E-state index >= 15 is 0 Å². The molecule has 2 aromatic rings. The number of hydrogen-bond acceptors (Lipinski definition) is 3. The zero-order chi connectivity index (χ0) is 14.7. The molecule has 0 radical (unpaired) electrons. The Morgan fingerprint density at radius 1 is 1.19 bits per heavy atom. The van der Waals surface area contributed by atoms with Gasteiger partial charge in [0.2, 0.25) is 0 Å². The Morgan fingerprint density at radius 2 is 1.90 bits per heavy atom. The van der Waals surface area contributed by atoms with Crippen LogP contribution in [-0.4, -0.2) is 33.8 Å². The minimum Gasteiger partial charge on any atom is -0.379 e. The minimum atomic E-state index is 0.569. The zero-order valence-electron chi connectivity index (χ0n) is 12.9. The Balaban J connectivity index is 1.50. The Kier molecular flexibility index (Phi) is 4.25. The van der Waals surface area contributed by atoms with E-state index in [9.17, 15) is 0 Å². The molecule has 1 aromatic carbocycles. The maximum Gasteiger partial charge on any atom is 0.0825 e. The fourth-order valence-corrected chi connectivity index (χ4v) is 3.04. The molecule has 3 rings (SSSR count). The zero-order valence-corrected chi connectivity index (χ0v) is 12.9. The fourth-order valence-electron chi connectivity index (χ4n) is 3.04. The lowest BCUT2D eigenvalue weighted by molar-refractivity contribution is 0.211. The van der Waals surface area contributed by atoms with Gasteiger partial charge in [-0.05, 0) is 25.3 Å². The predicted molar refractivity (Wildman–Crippen MR) is 86.3 cm³/mol. The standard InChI is InChI=1S/C17H24N4/c1-14-17(13-20(2)19-14)18-16-8-10-21(11-9-16)12-15-6-4-3-5-7-15/h3-7,13,16,18H,8-12H2,1-2H3. The highest BCUT2D eigenvalue weighted by Crippen LogP contribution is 2.19. The smallest absolute Gasteiger partial charge is 0.0825 e. The summed E-state index contributed by atoms with van der Waals surface area (Å²) in [7, 11) is 1.97. The summed E-state index contributed by atoms with van der Waals surface area (Å²) >= 11 is 0. The van der Waals surface area contributed by atoms with Crippen molar-refractivity contribution in [2.75, 3.05) is 18.4 Å². The number of nitrogens with one attached hydrogen (secondary N) is 1. The predicted octanol–water partition coefficient (Wildman–Crippen LogP) is 2.81. The SMILES string of the molecule is Cc1nn(C)cc1NC1CCN(Cc2ccccc2)CC1. The number of rotatable bonds is 4. The van der Waals surface area contributed by atoms with Crippen LogP contribution in [0.15, 0.2) is 36.5 Å². The van der Waals surface area contributed by atoms with E-state index in [0.717, 1.165) is 25.3 Å². The first kappa shape index (κ1) is 14.1. The van der Waals surface area contributed by atoms with Gasteiger partial charge in [-0.2, -0.15) is 5.10 Å². The number of likely N-dealkylation sites (tertiary alicyclic amines) is 1. The normalized spacial score (nSPS) is 17.0. The van der Waals surface area contributed by atoms with Gasteiger partial charge in [0.25, 0.3) is 0 Å². The maximum atomic E-state index is 4.39. The van der Waals surface area contributed by atoms with Crippen LogP contribution in [0.4, 0.5) is 5.69 Å². The second-order valence-electron chi connectivity index (χ2n) is 5.98. The van der Waals surface area contributed by atoms with Gasteiger partial charge in [-0.15, -0.1) is 0 Å². The first-order valence-electron chi connectivity index (χ1n) is 7.74. The molecule has 0 saturated carbocycles. The van der Waals surface area contributed by atoms with Gasteiger partial charge in [-0.3, -0.25) is 9.58 Å². The minimum absolute atomic E-state index is 0.569. The average molecular weight is 284 g/mol. The van der Waals surface area contributed by atoms with Crippen molar-refractivity contribution in [1.82, 2.24) is 14.7 Å². The highest BCUT2D eigenvalue weighted by atomic mass is 15.3. The molecule has 0 unspecified atom stereocenters. The molecule has 21 heavy (non-hydrogen) atoms. The summed E-state index contributed by atoms with van der Waals surface area (Å²) in [6, 6.07) is 11.3. The van der Waals surface area contributed by atoms with E-state index in [1.54, 1.807) is 0 Å². The molecule has 0 aliphatic carbocycles. The van der Waals surface area contributed by atoms with Gasteiger partial charge in [0, 0.05) is 38.9 Å². The lowest BCUT2D eigenvalue weighted by Crippen LogP contribution is -2.38. The molecule has 1 saturated heterocycles. The number of piperidine rings is 1. The summed E-state index contributed by atoms with van der Waals surface area (Å²) in [5, 5.41) is 8.04. The third-order valence-electron chi connectivity index (χ3n) is 4.21. The first-order valence-corrected chi connectivity index (χ1v) is 7.74. The Hall–Kier alpha value is -1.81. The lowest BCUT2D eigenvalue weighted by atomic mass is 10.0. The van der Waals surface area contributed by atoms with Crippen LogP contribution in [0.2, 0.25) is 0 Å². The van der Waals surface area contributed by atoms with E-state index in [4.69, 9.17) is 0 Å². The Morgan fingerprint density at radius 3 is 2.52 bits per heavy atom. The van der Waals surface area contributed by atoms with E-state index < -0.39 is 0 Å². The summed E-state index contributed by atoms with van der Waals surface area (Å²) in [4.78, 5) is 2.55. The van der Waals surface area contributed by atoms with Crippen molar-refractivity contribution in [2.24, 2.45) is 7.05 Å². The summed E-state index contributed by atoms with van der Waals surface area (Å²) in [5.41, 5.74) is 3.68. The second-order valence-corrected chi connectivity index (χ2v) is 5.98. The van der Waals surface area contributed by atoms with Gasteiger partial charge in [0.15, 0.2) is 0 Å². The van der Waals surface area contributed by atoms with Crippen LogP contribution in [0.5, 0.6) is 0 Å². The molecule has 1 N–H and O–H groups in total. The number of anilines is 1. The number of benzene rings is 1. The summed E-state index contributed by atoms with van der Waals surface area (Å²) in [5.74, 6) is 0. The van der Waals surface area contributed by atoms with E-state index in [2.05, 4.69) is 58.8 Å². The highest BCUT2D eigenvalue weighted by molar-refractivity contribution is 5.46. The molecule has 112 valence electrons. The van der Waals surface area contributed by atoms with E-state index in [0.29, 0.717) is 6.04 Å². The maximum absolute atomic E-state index is 4.39. The second kappa shape index (κ2) is 6.31. The van der Waals surface area contributed by atoms with Crippen molar-refractivity contribution in [3.05, 3.63) is 47.8 Å². The third kappa shape index (κ3) is 3.64. The van der Waals surface area contributed by atoms with E-state index in [1.807, 2.05) is 11.7 Å². The molecular formula is C17H24N4. The lowest BCUT2D eigenvalue weighted by Gasteiger charge is -2.32.